The summed E-state index contributed by atoms with van der Waals surface area (Å²) in [4.78, 5) is 14.0. The Morgan fingerprint density at radius 1 is 1.06 bits per heavy atom. The minimum absolute atomic E-state index is 0.0608. The number of hydrogen-bond donors (Lipinski definition) is 1. The SMILES string of the molecule is CN(CCOc1ccccc1F)C(=O)c1cccc(S(=O)(=O)Nc2cccc(Cl)c2)c1. The zero-order valence-electron chi connectivity index (χ0n) is 16.6. The number of carbonyl (C=O) groups excluding carboxylic acids is 1. The summed E-state index contributed by atoms with van der Waals surface area (Å²) in [6.45, 7) is 0.266. The van der Waals surface area contributed by atoms with Crippen LogP contribution in [-0.2, 0) is 10.0 Å². The van der Waals surface area contributed by atoms with Gasteiger partial charge in [0.1, 0.15) is 6.61 Å². The molecule has 3 aromatic carbocycles. The summed E-state index contributed by atoms with van der Waals surface area (Å²) in [6, 6.07) is 18.0. The van der Waals surface area contributed by atoms with Crippen molar-refractivity contribution in [3.63, 3.8) is 0 Å². The molecule has 9 heteroatoms. The molecule has 31 heavy (non-hydrogen) atoms. The van der Waals surface area contributed by atoms with E-state index >= 15 is 0 Å². The van der Waals surface area contributed by atoms with Crippen molar-refractivity contribution in [1.82, 2.24) is 4.90 Å². The summed E-state index contributed by atoms with van der Waals surface area (Å²) in [7, 11) is -2.36. The van der Waals surface area contributed by atoms with Crippen LogP contribution >= 0.6 is 11.6 Å². The van der Waals surface area contributed by atoms with Gasteiger partial charge in [0.05, 0.1) is 17.1 Å². The summed E-state index contributed by atoms with van der Waals surface area (Å²) in [6.07, 6.45) is 0. The van der Waals surface area contributed by atoms with E-state index in [1.54, 1.807) is 37.4 Å². The van der Waals surface area contributed by atoms with Gasteiger partial charge >= 0.3 is 0 Å². The lowest BCUT2D eigenvalue weighted by atomic mass is 10.2. The number of anilines is 1. The summed E-state index contributed by atoms with van der Waals surface area (Å²) < 4.78 is 46.8. The van der Waals surface area contributed by atoms with E-state index in [4.69, 9.17) is 16.3 Å². The van der Waals surface area contributed by atoms with Crippen molar-refractivity contribution >= 4 is 33.2 Å². The number of para-hydroxylation sites is 1. The first-order chi connectivity index (χ1) is 14.8. The van der Waals surface area contributed by atoms with E-state index in [2.05, 4.69) is 4.72 Å². The molecule has 0 atom stereocenters. The standard InChI is InChI=1S/C22H20ClFN2O4S/c1-26(12-13-30-21-11-3-2-10-20(21)24)22(27)16-6-4-9-19(14-16)31(28,29)25-18-8-5-7-17(23)15-18/h2-11,14-15,25H,12-13H2,1H3. The Morgan fingerprint density at radius 3 is 2.55 bits per heavy atom. The molecule has 0 aliphatic heterocycles. The van der Waals surface area contributed by atoms with Crippen molar-refractivity contribution in [2.24, 2.45) is 0 Å². The Hall–Kier alpha value is -3.10. The lowest BCUT2D eigenvalue weighted by Crippen LogP contribution is -2.31. The number of rotatable bonds is 8. The minimum atomic E-state index is -3.92. The second-order valence-corrected chi connectivity index (χ2v) is 8.77. The highest BCUT2D eigenvalue weighted by Crippen LogP contribution is 2.21. The highest BCUT2D eigenvalue weighted by atomic mass is 35.5. The van der Waals surface area contributed by atoms with Gasteiger partial charge in [-0.25, -0.2) is 12.8 Å². The normalized spacial score (nSPS) is 11.1. The van der Waals surface area contributed by atoms with Gasteiger partial charge in [0.2, 0.25) is 0 Å². The van der Waals surface area contributed by atoms with Crippen molar-refractivity contribution in [3.8, 4) is 5.75 Å². The Labute approximate surface area is 185 Å². The molecule has 0 aliphatic carbocycles. The molecule has 0 heterocycles. The van der Waals surface area contributed by atoms with Gasteiger partial charge < -0.3 is 9.64 Å². The summed E-state index contributed by atoms with van der Waals surface area (Å²) in [5.41, 5.74) is 0.508. The lowest BCUT2D eigenvalue weighted by molar-refractivity contribution is 0.0772. The first-order valence-corrected chi connectivity index (χ1v) is 11.1. The van der Waals surface area contributed by atoms with E-state index in [0.29, 0.717) is 10.7 Å². The smallest absolute Gasteiger partial charge is 0.261 e. The number of ether oxygens (including phenoxy) is 1. The van der Waals surface area contributed by atoms with Crippen LogP contribution in [0.1, 0.15) is 10.4 Å². The number of sulfonamides is 1. The van der Waals surface area contributed by atoms with Crippen molar-refractivity contribution in [3.05, 3.63) is 89.2 Å². The van der Waals surface area contributed by atoms with Crippen molar-refractivity contribution in [2.75, 3.05) is 24.9 Å². The average molecular weight is 463 g/mol. The number of nitrogens with one attached hydrogen (secondary N) is 1. The molecule has 0 spiro atoms. The van der Waals surface area contributed by atoms with Gasteiger partial charge in [-0.05, 0) is 48.5 Å². The van der Waals surface area contributed by atoms with Crippen LogP contribution in [0.4, 0.5) is 10.1 Å². The third kappa shape index (κ3) is 5.96. The predicted octanol–water partition coefficient (Wildman–Crippen LogP) is 4.43. The second-order valence-electron chi connectivity index (χ2n) is 6.65. The fourth-order valence-electron chi connectivity index (χ4n) is 2.74. The van der Waals surface area contributed by atoms with E-state index in [9.17, 15) is 17.6 Å². The quantitative estimate of drug-likeness (QED) is 0.537. The van der Waals surface area contributed by atoms with Crippen molar-refractivity contribution < 1.29 is 22.3 Å². The second kappa shape index (κ2) is 9.80. The molecule has 0 fully saturated rings. The molecule has 0 bridgehead atoms. The molecule has 0 aliphatic rings. The van der Waals surface area contributed by atoms with Crippen LogP contribution < -0.4 is 9.46 Å². The molecule has 3 rings (SSSR count). The third-order valence-electron chi connectivity index (χ3n) is 4.34. The lowest BCUT2D eigenvalue weighted by Gasteiger charge is -2.18. The highest BCUT2D eigenvalue weighted by Gasteiger charge is 2.18. The summed E-state index contributed by atoms with van der Waals surface area (Å²) >= 11 is 5.89. The monoisotopic (exact) mass is 462 g/mol. The molecule has 0 aromatic heterocycles. The van der Waals surface area contributed by atoms with E-state index in [0.717, 1.165) is 0 Å². The fourth-order valence-corrected chi connectivity index (χ4v) is 4.02. The highest BCUT2D eigenvalue weighted by molar-refractivity contribution is 7.92. The Kier molecular flexibility index (Phi) is 7.14. The first kappa shape index (κ1) is 22.6. The number of carbonyl (C=O) groups is 1. The molecule has 162 valence electrons. The molecule has 0 saturated carbocycles. The average Bonchev–Trinajstić information content (AvgIpc) is 2.74. The number of nitrogens with zero attached hydrogens (tertiary/aromatic N) is 1. The van der Waals surface area contributed by atoms with E-state index < -0.39 is 21.7 Å². The topological polar surface area (TPSA) is 75.7 Å². The Balaban J connectivity index is 1.66. The summed E-state index contributed by atoms with van der Waals surface area (Å²) in [5.74, 6) is -0.776. The largest absolute Gasteiger partial charge is 0.489 e. The van der Waals surface area contributed by atoms with Gasteiger partial charge in [-0.15, -0.1) is 0 Å². The number of amides is 1. The van der Waals surface area contributed by atoms with Gasteiger partial charge in [-0.1, -0.05) is 35.9 Å². The molecule has 6 nitrogen and oxygen atoms in total. The number of halogens is 2. The van der Waals surface area contributed by atoms with E-state index in [1.165, 1.54) is 47.4 Å². The third-order valence-corrected chi connectivity index (χ3v) is 5.95. The van der Waals surface area contributed by atoms with Crippen molar-refractivity contribution in [1.29, 1.82) is 0 Å². The van der Waals surface area contributed by atoms with Gasteiger partial charge in [0.15, 0.2) is 11.6 Å². The molecular weight excluding hydrogens is 443 g/mol. The van der Waals surface area contributed by atoms with Crippen LogP contribution in [0.5, 0.6) is 5.75 Å². The summed E-state index contributed by atoms with van der Waals surface area (Å²) in [5, 5.41) is 0.392. The zero-order valence-corrected chi connectivity index (χ0v) is 18.2. The number of hydrogen-bond acceptors (Lipinski definition) is 4. The number of likely N-dealkylation sites (N-methyl/N-ethyl adjacent to an activating group) is 1. The van der Waals surface area contributed by atoms with E-state index in [-0.39, 0.29) is 29.4 Å². The molecule has 1 N–H and O–H groups in total. The molecule has 0 radical (unpaired) electrons. The molecule has 0 saturated heterocycles. The maximum absolute atomic E-state index is 13.6. The molecule has 3 aromatic rings. The van der Waals surface area contributed by atoms with Crippen molar-refractivity contribution in [2.45, 2.75) is 4.90 Å². The van der Waals surface area contributed by atoms with Crippen LogP contribution in [0.25, 0.3) is 0 Å². The molecule has 1 amide bonds. The van der Waals surface area contributed by atoms with Gasteiger partial charge in [-0.3, -0.25) is 9.52 Å². The first-order valence-electron chi connectivity index (χ1n) is 9.27. The Morgan fingerprint density at radius 2 is 1.81 bits per heavy atom. The van der Waals surface area contributed by atoms with Crippen LogP contribution in [0.3, 0.4) is 0 Å². The maximum Gasteiger partial charge on any atom is 0.261 e. The van der Waals surface area contributed by atoms with Gasteiger partial charge in [0, 0.05) is 17.6 Å². The van der Waals surface area contributed by atoms with Crippen LogP contribution in [0, 0.1) is 5.82 Å². The van der Waals surface area contributed by atoms with Gasteiger partial charge in [0.25, 0.3) is 15.9 Å². The van der Waals surface area contributed by atoms with Gasteiger partial charge in [-0.2, -0.15) is 0 Å². The fraction of sp³-hybridized carbons (Fsp3) is 0.136. The molecule has 0 unspecified atom stereocenters. The minimum Gasteiger partial charge on any atom is -0.489 e. The zero-order chi connectivity index (χ0) is 22.4. The maximum atomic E-state index is 13.6. The van der Waals surface area contributed by atoms with Crippen LogP contribution in [0.2, 0.25) is 5.02 Å². The van der Waals surface area contributed by atoms with Crippen LogP contribution in [0.15, 0.2) is 77.7 Å². The molecular formula is C22H20ClFN2O4S. The van der Waals surface area contributed by atoms with E-state index in [1.807, 2.05) is 0 Å². The Bertz CT molecular complexity index is 1190. The predicted molar refractivity (Wildman–Crippen MR) is 118 cm³/mol. The number of benzene rings is 3. The van der Waals surface area contributed by atoms with Crippen LogP contribution in [-0.4, -0.2) is 39.4 Å².